The standard InChI is InChI=1S/C22H27NO4/c1-4-25-20-11-10-17(13-21(20)26-5-2)22(24)23(3)14-19-12-16-8-6-7-9-18(16)15-27-19/h6-11,13,19H,4-5,12,14-15H2,1-3H3. The minimum Gasteiger partial charge on any atom is -0.490 e. The van der Waals surface area contributed by atoms with Crippen molar-refractivity contribution in [1.82, 2.24) is 4.90 Å². The second-order valence-electron chi connectivity index (χ2n) is 6.62. The maximum Gasteiger partial charge on any atom is 0.253 e. The number of likely N-dealkylation sites (N-methyl/N-ethyl adjacent to an activating group) is 1. The molecule has 2 aromatic rings. The first kappa shape index (κ1) is 19.2. The SMILES string of the molecule is CCOc1ccc(C(=O)N(C)CC2Cc3ccccc3CO2)cc1OCC. The molecule has 0 aliphatic carbocycles. The summed E-state index contributed by atoms with van der Waals surface area (Å²) in [6.07, 6.45) is 0.823. The van der Waals surface area contributed by atoms with Crippen LogP contribution in [0.4, 0.5) is 0 Å². The number of benzene rings is 2. The molecule has 5 heteroatoms. The van der Waals surface area contributed by atoms with Crippen LogP contribution >= 0.6 is 0 Å². The van der Waals surface area contributed by atoms with Gasteiger partial charge in [-0.15, -0.1) is 0 Å². The summed E-state index contributed by atoms with van der Waals surface area (Å²) >= 11 is 0. The highest BCUT2D eigenvalue weighted by molar-refractivity contribution is 5.94. The molecule has 144 valence electrons. The van der Waals surface area contributed by atoms with E-state index < -0.39 is 0 Å². The van der Waals surface area contributed by atoms with E-state index in [4.69, 9.17) is 14.2 Å². The molecule has 1 heterocycles. The van der Waals surface area contributed by atoms with Gasteiger partial charge in [0.05, 0.1) is 25.9 Å². The van der Waals surface area contributed by atoms with Crippen LogP contribution in [-0.2, 0) is 17.8 Å². The number of amides is 1. The second-order valence-corrected chi connectivity index (χ2v) is 6.62. The summed E-state index contributed by atoms with van der Waals surface area (Å²) in [6, 6.07) is 13.6. The summed E-state index contributed by atoms with van der Waals surface area (Å²) in [5.74, 6) is 1.20. The lowest BCUT2D eigenvalue weighted by Crippen LogP contribution is -2.38. The highest BCUT2D eigenvalue weighted by Crippen LogP contribution is 2.29. The lowest BCUT2D eigenvalue weighted by molar-refractivity contribution is 0.00984. The molecule has 0 radical (unpaired) electrons. The van der Waals surface area contributed by atoms with Gasteiger partial charge in [-0.1, -0.05) is 24.3 Å². The average Bonchev–Trinajstić information content (AvgIpc) is 2.69. The zero-order valence-corrected chi connectivity index (χ0v) is 16.2. The van der Waals surface area contributed by atoms with Crippen molar-refractivity contribution in [3.8, 4) is 11.5 Å². The Morgan fingerprint density at radius 2 is 1.78 bits per heavy atom. The number of nitrogens with zero attached hydrogens (tertiary/aromatic N) is 1. The molecule has 0 saturated carbocycles. The summed E-state index contributed by atoms with van der Waals surface area (Å²) < 4.78 is 17.1. The van der Waals surface area contributed by atoms with Gasteiger partial charge < -0.3 is 19.1 Å². The lowest BCUT2D eigenvalue weighted by atomic mass is 9.99. The highest BCUT2D eigenvalue weighted by Gasteiger charge is 2.23. The van der Waals surface area contributed by atoms with Crippen molar-refractivity contribution in [2.75, 3.05) is 26.8 Å². The van der Waals surface area contributed by atoms with Crippen LogP contribution in [-0.4, -0.2) is 43.7 Å². The first-order chi connectivity index (χ1) is 13.1. The number of carbonyl (C=O) groups excluding carboxylic acids is 1. The predicted molar refractivity (Wildman–Crippen MR) is 104 cm³/mol. The van der Waals surface area contributed by atoms with Crippen LogP contribution in [0.2, 0.25) is 0 Å². The quantitative estimate of drug-likeness (QED) is 0.747. The number of hydrogen-bond donors (Lipinski definition) is 0. The van der Waals surface area contributed by atoms with E-state index >= 15 is 0 Å². The molecule has 1 aliphatic heterocycles. The van der Waals surface area contributed by atoms with Crippen molar-refractivity contribution in [2.45, 2.75) is 33.0 Å². The van der Waals surface area contributed by atoms with Gasteiger partial charge in [0.2, 0.25) is 0 Å². The molecular formula is C22H27NO4. The lowest BCUT2D eigenvalue weighted by Gasteiger charge is -2.29. The van der Waals surface area contributed by atoms with E-state index in [1.165, 1.54) is 11.1 Å². The molecule has 1 aliphatic rings. The fourth-order valence-corrected chi connectivity index (χ4v) is 3.32. The van der Waals surface area contributed by atoms with Gasteiger partial charge >= 0.3 is 0 Å². The molecule has 0 fully saturated rings. The van der Waals surface area contributed by atoms with Crippen LogP contribution in [0.25, 0.3) is 0 Å². The maximum atomic E-state index is 12.9. The Kier molecular flexibility index (Phi) is 6.35. The molecule has 0 spiro atoms. The summed E-state index contributed by atoms with van der Waals surface area (Å²) in [6.45, 7) is 6.04. The van der Waals surface area contributed by atoms with Crippen molar-refractivity contribution in [3.05, 3.63) is 59.2 Å². The molecule has 1 atom stereocenters. The van der Waals surface area contributed by atoms with Gasteiger partial charge in [0.15, 0.2) is 11.5 Å². The molecule has 27 heavy (non-hydrogen) atoms. The number of hydrogen-bond acceptors (Lipinski definition) is 4. The van der Waals surface area contributed by atoms with Crippen LogP contribution in [0.15, 0.2) is 42.5 Å². The first-order valence-electron chi connectivity index (χ1n) is 9.45. The van der Waals surface area contributed by atoms with Gasteiger partial charge in [-0.25, -0.2) is 0 Å². The Hall–Kier alpha value is -2.53. The van der Waals surface area contributed by atoms with E-state index in [1.807, 2.05) is 33.0 Å². The molecular weight excluding hydrogens is 342 g/mol. The van der Waals surface area contributed by atoms with Crippen molar-refractivity contribution < 1.29 is 19.0 Å². The van der Waals surface area contributed by atoms with Gasteiger partial charge in [0.1, 0.15) is 0 Å². The molecule has 1 unspecified atom stereocenters. The fraction of sp³-hybridized carbons (Fsp3) is 0.409. The zero-order valence-electron chi connectivity index (χ0n) is 16.2. The summed E-state index contributed by atoms with van der Waals surface area (Å²) in [7, 11) is 1.81. The van der Waals surface area contributed by atoms with E-state index in [0.717, 1.165) is 6.42 Å². The Labute approximate surface area is 160 Å². The van der Waals surface area contributed by atoms with Gasteiger partial charge in [-0.05, 0) is 43.2 Å². The molecule has 3 rings (SSSR count). The third-order valence-corrected chi connectivity index (χ3v) is 4.66. The number of carbonyl (C=O) groups is 1. The molecule has 0 aromatic heterocycles. The Balaban J connectivity index is 1.67. The van der Waals surface area contributed by atoms with Crippen molar-refractivity contribution in [3.63, 3.8) is 0 Å². The number of rotatable bonds is 7. The molecule has 5 nitrogen and oxygen atoms in total. The van der Waals surface area contributed by atoms with E-state index in [2.05, 4.69) is 12.1 Å². The van der Waals surface area contributed by atoms with E-state index in [9.17, 15) is 4.79 Å². The van der Waals surface area contributed by atoms with Crippen LogP contribution < -0.4 is 9.47 Å². The molecule has 0 N–H and O–H groups in total. The van der Waals surface area contributed by atoms with Crippen molar-refractivity contribution >= 4 is 5.91 Å². The summed E-state index contributed by atoms with van der Waals surface area (Å²) in [5, 5.41) is 0. The highest BCUT2D eigenvalue weighted by atomic mass is 16.5. The van der Waals surface area contributed by atoms with E-state index in [1.54, 1.807) is 23.1 Å². The van der Waals surface area contributed by atoms with Crippen molar-refractivity contribution in [1.29, 1.82) is 0 Å². The van der Waals surface area contributed by atoms with Crippen LogP contribution in [0, 0.1) is 0 Å². The van der Waals surface area contributed by atoms with Gasteiger partial charge in [0, 0.05) is 25.6 Å². The summed E-state index contributed by atoms with van der Waals surface area (Å²) in [5.41, 5.74) is 3.12. The second kappa shape index (κ2) is 8.91. The van der Waals surface area contributed by atoms with Gasteiger partial charge in [-0.3, -0.25) is 4.79 Å². The Morgan fingerprint density at radius 3 is 2.52 bits per heavy atom. The normalized spacial score (nSPS) is 15.7. The first-order valence-corrected chi connectivity index (χ1v) is 9.45. The van der Waals surface area contributed by atoms with Crippen LogP contribution in [0.1, 0.15) is 35.3 Å². The maximum absolute atomic E-state index is 12.9. The Morgan fingerprint density at radius 1 is 1.07 bits per heavy atom. The molecule has 0 bridgehead atoms. The third kappa shape index (κ3) is 4.61. The predicted octanol–water partition coefficient (Wildman–Crippen LogP) is 3.70. The minimum atomic E-state index is -0.0542. The number of fused-ring (bicyclic) bond motifs is 1. The summed E-state index contributed by atoms with van der Waals surface area (Å²) in [4.78, 5) is 14.6. The molecule has 2 aromatic carbocycles. The van der Waals surface area contributed by atoms with Crippen molar-refractivity contribution in [2.24, 2.45) is 0 Å². The third-order valence-electron chi connectivity index (χ3n) is 4.66. The van der Waals surface area contributed by atoms with Crippen LogP contribution in [0.5, 0.6) is 11.5 Å². The van der Waals surface area contributed by atoms with E-state index in [0.29, 0.717) is 43.4 Å². The fourth-order valence-electron chi connectivity index (χ4n) is 3.32. The topological polar surface area (TPSA) is 48.0 Å². The molecule has 1 amide bonds. The number of ether oxygens (including phenoxy) is 3. The minimum absolute atomic E-state index is 0.00269. The Bertz CT molecular complexity index is 790. The zero-order chi connectivity index (χ0) is 19.2. The van der Waals surface area contributed by atoms with Gasteiger partial charge in [-0.2, -0.15) is 0 Å². The van der Waals surface area contributed by atoms with E-state index in [-0.39, 0.29) is 12.0 Å². The monoisotopic (exact) mass is 369 g/mol. The average molecular weight is 369 g/mol. The molecule has 0 saturated heterocycles. The smallest absolute Gasteiger partial charge is 0.253 e. The largest absolute Gasteiger partial charge is 0.490 e. The van der Waals surface area contributed by atoms with Crippen LogP contribution in [0.3, 0.4) is 0 Å². The van der Waals surface area contributed by atoms with Gasteiger partial charge in [0.25, 0.3) is 5.91 Å².